The Kier molecular flexibility index (Phi) is 38.7. The smallest absolute Gasteiger partial charge is 0.306 e. The molecule has 0 bridgehead atoms. The van der Waals surface area contributed by atoms with Crippen molar-refractivity contribution >= 4 is 17.9 Å². The molecule has 1 unspecified atom stereocenters. The lowest BCUT2D eigenvalue weighted by atomic mass is 10.1. The van der Waals surface area contributed by atoms with E-state index in [1.165, 1.54) is 12.8 Å². The average Bonchev–Trinajstić information content (AvgIpc) is 3.15. The first-order valence-electron chi connectivity index (χ1n) is 21.1. The Labute approximate surface area is 325 Å². The highest BCUT2D eigenvalue weighted by Crippen LogP contribution is 2.11. The second kappa shape index (κ2) is 41.3. The number of hydrogen-bond donors (Lipinski definition) is 0. The normalized spacial score (nSPS) is 12.9. The molecule has 0 saturated carbocycles. The fourth-order valence-electron chi connectivity index (χ4n) is 5.26. The number of rotatable bonds is 36. The second-order valence-corrected chi connectivity index (χ2v) is 13.5. The Morgan fingerprint density at radius 2 is 0.830 bits per heavy atom. The van der Waals surface area contributed by atoms with Gasteiger partial charge in [-0.2, -0.15) is 0 Å². The minimum Gasteiger partial charge on any atom is -0.462 e. The van der Waals surface area contributed by atoms with Gasteiger partial charge in [-0.3, -0.25) is 14.4 Å². The van der Waals surface area contributed by atoms with Crippen LogP contribution in [0.2, 0.25) is 0 Å². The van der Waals surface area contributed by atoms with E-state index in [2.05, 4.69) is 99.8 Å². The largest absolute Gasteiger partial charge is 0.462 e. The lowest BCUT2D eigenvalue weighted by Crippen LogP contribution is -2.30. The number of carbonyl (C=O) groups is 3. The van der Waals surface area contributed by atoms with Crippen LogP contribution < -0.4 is 0 Å². The van der Waals surface area contributed by atoms with E-state index >= 15 is 0 Å². The van der Waals surface area contributed by atoms with Gasteiger partial charge in [-0.1, -0.05) is 151 Å². The lowest BCUT2D eigenvalue weighted by Gasteiger charge is -2.18. The molecule has 0 aliphatic heterocycles. The van der Waals surface area contributed by atoms with E-state index in [0.717, 1.165) is 116 Å². The highest BCUT2D eigenvalue weighted by Gasteiger charge is 2.19. The van der Waals surface area contributed by atoms with Crippen LogP contribution in [0.15, 0.2) is 85.1 Å². The van der Waals surface area contributed by atoms with Crippen LogP contribution in [0.1, 0.15) is 175 Å². The number of ether oxygens (including phenoxy) is 3. The molecule has 0 aromatic rings. The summed E-state index contributed by atoms with van der Waals surface area (Å²) in [4.78, 5) is 37.6. The SMILES string of the molecule is CC\C=C/C=C\C=C/CCCCCCCC(=O)OCC(COC(=O)CCCCCC/C=C\CCCC)OC(=O)CCCC/C=C\C/C=C\C/C=C\CC. The van der Waals surface area contributed by atoms with Gasteiger partial charge < -0.3 is 14.2 Å². The van der Waals surface area contributed by atoms with Gasteiger partial charge in [-0.05, 0) is 89.9 Å². The highest BCUT2D eigenvalue weighted by atomic mass is 16.6. The third kappa shape index (κ3) is 39.6. The Balaban J connectivity index is 4.51. The van der Waals surface area contributed by atoms with Gasteiger partial charge in [0.15, 0.2) is 6.10 Å². The molecular formula is C47H76O6. The summed E-state index contributed by atoms with van der Waals surface area (Å²) in [7, 11) is 0. The van der Waals surface area contributed by atoms with E-state index in [1.54, 1.807) is 0 Å². The molecule has 0 aromatic carbocycles. The van der Waals surface area contributed by atoms with Gasteiger partial charge in [0.05, 0.1) is 0 Å². The zero-order valence-corrected chi connectivity index (χ0v) is 34.0. The summed E-state index contributed by atoms with van der Waals surface area (Å²) in [6.07, 6.45) is 51.4. The topological polar surface area (TPSA) is 78.9 Å². The number of esters is 3. The zero-order chi connectivity index (χ0) is 38.7. The van der Waals surface area contributed by atoms with Crippen molar-refractivity contribution in [1.82, 2.24) is 0 Å². The van der Waals surface area contributed by atoms with Gasteiger partial charge >= 0.3 is 17.9 Å². The minimum atomic E-state index is -0.806. The monoisotopic (exact) mass is 737 g/mol. The lowest BCUT2D eigenvalue weighted by molar-refractivity contribution is -0.167. The van der Waals surface area contributed by atoms with Crippen LogP contribution in [0.25, 0.3) is 0 Å². The van der Waals surface area contributed by atoms with Crippen LogP contribution in [0, 0.1) is 0 Å². The summed E-state index contributed by atoms with van der Waals surface area (Å²) in [5, 5.41) is 0. The molecule has 300 valence electrons. The number of unbranched alkanes of at least 4 members (excludes halogenated alkanes) is 13. The molecule has 0 amide bonds. The number of hydrogen-bond acceptors (Lipinski definition) is 6. The molecule has 0 radical (unpaired) electrons. The summed E-state index contributed by atoms with van der Waals surface area (Å²) in [6.45, 7) is 6.24. The van der Waals surface area contributed by atoms with E-state index in [9.17, 15) is 14.4 Å². The molecule has 0 aliphatic carbocycles. The first-order chi connectivity index (χ1) is 26.0. The fraction of sp³-hybridized carbons (Fsp3) is 0.638. The van der Waals surface area contributed by atoms with Crippen molar-refractivity contribution in [2.24, 2.45) is 0 Å². The maximum absolute atomic E-state index is 12.7. The molecule has 53 heavy (non-hydrogen) atoms. The molecule has 6 heteroatoms. The van der Waals surface area contributed by atoms with Crippen LogP contribution in [0.5, 0.6) is 0 Å². The molecule has 6 nitrogen and oxygen atoms in total. The Morgan fingerprint density at radius 1 is 0.415 bits per heavy atom. The Morgan fingerprint density at radius 3 is 1.42 bits per heavy atom. The van der Waals surface area contributed by atoms with Crippen molar-refractivity contribution in [3.63, 3.8) is 0 Å². The third-order valence-electron chi connectivity index (χ3n) is 8.43. The van der Waals surface area contributed by atoms with Gasteiger partial charge in [0, 0.05) is 19.3 Å². The van der Waals surface area contributed by atoms with Gasteiger partial charge in [0.25, 0.3) is 0 Å². The van der Waals surface area contributed by atoms with Crippen molar-refractivity contribution in [2.75, 3.05) is 13.2 Å². The summed E-state index contributed by atoms with van der Waals surface area (Å²) in [5.41, 5.74) is 0. The molecule has 0 fully saturated rings. The molecular weight excluding hydrogens is 661 g/mol. The first kappa shape index (κ1) is 49.6. The Bertz CT molecular complexity index is 1080. The molecule has 0 rings (SSSR count). The minimum absolute atomic E-state index is 0.107. The van der Waals surface area contributed by atoms with Crippen LogP contribution in [0.4, 0.5) is 0 Å². The quantitative estimate of drug-likeness (QED) is 0.0209. The predicted molar refractivity (Wildman–Crippen MR) is 224 cm³/mol. The summed E-state index contributed by atoms with van der Waals surface area (Å²) in [5.74, 6) is -0.993. The summed E-state index contributed by atoms with van der Waals surface area (Å²) < 4.78 is 16.6. The van der Waals surface area contributed by atoms with Gasteiger partial charge in [-0.15, -0.1) is 0 Å². The van der Waals surface area contributed by atoms with E-state index < -0.39 is 6.10 Å². The average molecular weight is 737 g/mol. The summed E-state index contributed by atoms with van der Waals surface area (Å²) >= 11 is 0. The predicted octanol–water partition coefficient (Wildman–Crippen LogP) is 13.3. The number of carbonyl (C=O) groups excluding carboxylic acids is 3. The van der Waals surface area contributed by atoms with E-state index in [0.29, 0.717) is 19.3 Å². The zero-order valence-electron chi connectivity index (χ0n) is 34.0. The highest BCUT2D eigenvalue weighted by molar-refractivity contribution is 5.71. The molecule has 0 saturated heterocycles. The number of allylic oxidation sites excluding steroid dienone is 14. The molecule has 0 aliphatic rings. The van der Waals surface area contributed by atoms with E-state index in [1.807, 2.05) is 6.08 Å². The summed E-state index contributed by atoms with van der Waals surface area (Å²) in [6, 6.07) is 0. The van der Waals surface area contributed by atoms with Crippen LogP contribution >= 0.6 is 0 Å². The van der Waals surface area contributed by atoms with Crippen molar-refractivity contribution in [3.05, 3.63) is 85.1 Å². The standard InChI is InChI=1S/C47H76O6/c1-4-7-10-13-16-19-22-24-26-28-31-34-37-40-46(49)52-43-44(42-51-45(48)39-36-33-30-27-21-18-15-12-9-6-3)53-47(50)41-38-35-32-29-25-23-20-17-14-11-8-5-2/h7-8,10-11,13,15-20,22,25,29,44H,4-6,9,12,14,21,23-24,26-28,30-43H2,1-3H3/b10-7-,11-8-,16-13-,18-15-,20-17-,22-19-,29-25-. The van der Waals surface area contributed by atoms with Gasteiger partial charge in [0.2, 0.25) is 0 Å². The Hall–Kier alpha value is -3.41. The maximum Gasteiger partial charge on any atom is 0.306 e. The molecule has 0 spiro atoms. The van der Waals surface area contributed by atoms with Crippen LogP contribution in [-0.4, -0.2) is 37.2 Å². The van der Waals surface area contributed by atoms with Gasteiger partial charge in [0.1, 0.15) is 13.2 Å². The molecule has 0 heterocycles. The van der Waals surface area contributed by atoms with E-state index in [4.69, 9.17) is 14.2 Å². The van der Waals surface area contributed by atoms with Crippen LogP contribution in [0.3, 0.4) is 0 Å². The molecule has 0 aromatic heterocycles. The van der Waals surface area contributed by atoms with Crippen molar-refractivity contribution in [2.45, 2.75) is 181 Å². The van der Waals surface area contributed by atoms with E-state index in [-0.39, 0.29) is 37.5 Å². The first-order valence-corrected chi connectivity index (χ1v) is 21.1. The molecule has 0 N–H and O–H groups in total. The van der Waals surface area contributed by atoms with Crippen molar-refractivity contribution in [3.8, 4) is 0 Å². The van der Waals surface area contributed by atoms with Crippen molar-refractivity contribution < 1.29 is 28.6 Å². The third-order valence-corrected chi connectivity index (χ3v) is 8.43. The van der Waals surface area contributed by atoms with Crippen molar-refractivity contribution in [1.29, 1.82) is 0 Å². The van der Waals surface area contributed by atoms with Crippen LogP contribution in [-0.2, 0) is 28.6 Å². The molecule has 1 atom stereocenters. The van der Waals surface area contributed by atoms with Gasteiger partial charge in [-0.25, -0.2) is 0 Å². The second-order valence-electron chi connectivity index (χ2n) is 13.5. The fourth-order valence-corrected chi connectivity index (χ4v) is 5.26. The maximum atomic E-state index is 12.7.